The molecule has 2 unspecified atom stereocenters. The fourth-order valence-electron chi connectivity index (χ4n) is 3.88. The minimum atomic E-state index is 0.319. The third-order valence-electron chi connectivity index (χ3n) is 5.03. The highest BCUT2D eigenvalue weighted by Gasteiger charge is 2.36. The first-order valence-corrected chi connectivity index (χ1v) is 8.00. The summed E-state index contributed by atoms with van der Waals surface area (Å²) in [4.78, 5) is 18.9. The van der Waals surface area contributed by atoms with Crippen molar-refractivity contribution in [2.45, 2.75) is 58.0 Å². The van der Waals surface area contributed by atoms with E-state index in [2.05, 4.69) is 20.6 Å². The van der Waals surface area contributed by atoms with Crippen molar-refractivity contribution >= 4 is 5.78 Å². The van der Waals surface area contributed by atoms with E-state index in [1.807, 2.05) is 13.1 Å². The largest absolute Gasteiger partial charge is 0.334 e. The predicted octanol–water partition coefficient (Wildman–Crippen LogP) is 2.42. The monoisotopic (exact) mass is 275 g/mol. The molecule has 1 saturated heterocycles. The normalized spacial score (nSPS) is 28.1. The van der Waals surface area contributed by atoms with Gasteiger partial charge in [-0.15, -0.1) is 0 Å². The van der Waals surface area contributed by atoms with Crippen LogP contribution < -0.4 is 0 Å². The van der Waals surface area contributed by atoms with Crippen LogP contribution in [-0.2, 0) is 11.3 Å². The Morgan fingerprint density at radius 1 is 1.25 bits per heavy atom. The lowest BCUT2D eigenvalue weighted by Crippen LogP contribution is -2.46. The number of aryl methyl sites for hydroxylation is 1. The molecule has 20 heavy (non-hydrogen) atoms. The van der Waals surface area contributed by atoms with Gasteiger partial charge in [0.1, 0.15) is 11.6 Å². The van der Waals surface area contributed by atoms with Crippen LogP contribution in [-0.4, -0.2) is 39.4 Å². The number of rotatable bonds is 4. The fraction of sp³-hybridized carbons (Fsp3) is 0.750. The molecule has 0 aromatic carbocycles. The maximum atomic E-state index is 12.1. The fourth-order valence-corrected chi connectivity index (χ4v) is 3.88. The standard InChI is InChI=1S/C16H25N3O/c1-13-17-8-10-18(13)11-12-19-9-3-2-6-15(19)14-5-4-7-16(14)20/h8,10,14-15H,2-7,9,11-12H2,1H3. The van der Waals surface area contributed by atoms with Gasteiger partial charge in [0.15, 0.2) is 0 Å². The number of ketones is 1. The number of imidazole rings is 1. The number of Topliss-reactive ketones (excluding diaryl/α,β-unsaturated/α-hetero) is 1. The van der Waals surface area contributed by atoms with Crippen molar-refractivity contribution in [3.63, 3.8) is 0 Å². The molecule has 0 bridgehead atoms. The minimum Gasteiger partial charge on any atom is -0.334 e. The number of carbonyl (C=O) groups is 1. The summed E-state index contributed by atoms with van der Waals surface area (Å²) in [5.74, 6) is 1.91. The Morgan fingerprint density at radius 3 is 2.85 bits per heavy atom. The molecule has 2 heterocycles. The molecule has 3 rings (SSSR count). The van der Waals surface area contributed by atoms with Gasteiger partial charge in [-0.25, -0.2) is 4.98 Å². The van der Waals surface area contributed by atoms with E-state index in [0.717, 1.165) is 44.7 Å². The van der Waals surface area contributed by atoms with Crippen LogP contribution in [0.5, 0.6) is 0 Å². The van der Waals surface area contributed by atoms with Crippen LogP contribution in [0, 0.1) is 12.8 Å². The zero-order valence-corrected chi connectivity index (χ0v) is 12.4. The highest BCUT2D eigenvalue weighted by Crippen LogP contribution is 2.32. The van der Waals surface area contributed by atoms with E-state index in [1.54, 1.807) is 0 Å². The van der Waals surface area contributed by atoms with Gasteiger partial charge in [0.05, 0.1) is 0 Å². The van der Waals surface area contributed by atoms with Crippen molar-refractivity contribution in [3.05, 3.63) is 18.2 Å². The summed E-state index contributed by atoms with van der Waals surface area (Å²) in [5.41, 5.74) is 0. The van der Waals surface area contributed by atoms with E-state index in [9.17, 15) is 4.79 Å². The number of likely N-dealkylation sites (tertiary alicyclic amines) is 1. The molecule has 0 radical (unpaired) electrons. The van der Waals surface area contributed by atoms with E-state index < -0.39 is 0 Å². The molecular weight excluding hydrogens is 250 g/mol. The van der Waals surface area contributed by atoms with Crippen molar-refractivity contribution in [1.82, 2.24) is 14.5 Å². The van der Waals surface area contributed by atoms with E-state index in [-0.39, 0.29) is 0 Å². The molecular formula is C16H25N3O. The molecule has 0 N–H and O–H groups in total. The average Bonchev–Trinajstić information content (AvgIpc) is 3.06. The van der Waals surface area contributed by atoms with Crippen LogP contribution in [0.3, 0.4) is 0 Å². The molecule has 1 saturated carbocycles. The summed E-state index contributed by atoms with van der Waals surface area (Å²) in [7, 11) is 0. The second-order valence-electron chi connectivity index (χ2n) is 6.23. The summed E-state index contributed by atoms with van der Waals surface area (Å²) in [6.07, 6.45) is 10.7. The Balaban J connectivity index is 1.63. The molecule has 2 aliphatic rings. The lowest BCUT2D eigenvalue weighted by atomic mass is 9.88. The van der Waals surface area contributed by atoms with Gasteiger partial charge < -0.3 is 4.57 Å². The van der Waals surface area contributed by atoms with Crippen LogP contribution in [0.1, 0.15) is 44.3 Å². The van der Waals surface area contributed by atoms with Crippen LogP contribution in [0.2, 0.25) is 0 Å². The van der Waals surface area contributed by atoms with Crippen molar-refractivity contribution < 1.29 is 4.79 Å². The summed E-state index contributed by atoms with van der Waals surface area (Å²) < 4.78 is 2.21. The van der Waals surface area contributed by atoms with Gasteiger partial charge in [0, 0.05) is 43.9 Å². The Hall–Kier alpha value is -1.16. The second-order valence-corrected chi connectivity index (χ2v) is 6.23. The van der Waals surface area contributed by atoms with E-state index >= 15 is 0 Å². The Labute approximate surface area is 121 Å². The molecule has 2 atom stereocenters. The highest BCUT2D eigenvalue weighted by atomic mass is 16.1. The first-order valence-electron chi connectivity index (χ1n) is 8.00. The lowest BCUT2D eigenvalue weighted by Gasteiger charge is -2.38. The highest BCUT2D eigenvalue weighted by molar-refractivity contribution is 5.83. The van der Waals surface area contributed by atoms with Crippen LogP contribution in [0.15, 0.2) is 12.4 Å². The van der Waals surface area contributed by atoms with Crippen LogP contribution in [0.25, 0.3) is 0 Å². The van der Waals surface area contributed by atoms with Gasteiger partial charge in [-0.1, -0.05) is 6.42 Å². The topological polar surface area (TPSA) is 38.1 Å². The lowest BCUT2D eigenvalue weighted by molar-refractivity contribution is -0.123. The summed E-state index contributed by atoms with van der Waals surface area (Å²) in [6, 6.07) is 0.502. The van der Waals surface area contributed by atoms with Crippen molar-refractivity contribution in [2.75, 3.05) is 13.1 Å². The third kappa shape index (κ3) is 2.80. The molecule has 0 amide bonds. The number of aromatic nitrogens is 2. The molecule has 4 nitrogen and oxygen atoms in total. The van der Waals surface area contributed by atoms with Crippen molar-refractivity contribution in [1.29, 1.82) is 0 Å². The smallest absolute Gasteiger partial charge is 0.137 e. The van der Waals surface area contributed by atoms with Crippen LogP contribution in [0.4, 0.5) is 0 Å². The minimum absolute atomic E-state index is 0.319. The number of hydrogen-bond donors (Lipinski definition) is 0. The Kier molecular flexibility index (Phi) is 4.20. The summed E-state index contributed by atoms with van der Waals surface area (Å²) in [5, 5.41) is 0. The van der Waals surface area contributed by atoms with E-state index in [4.69, 9.17) is 0 Å². The zero-order valence-electron chi connectivity index (χ0n) is 12.4. The van der Waals surface area contributed by atoms with E-state index in [1.165, 1.54) is 19.3 Å². The van der Waals surface area contributed by atoms with Gasteiger partial charge in [-0.3, -0.25) is 9.69 Å². The van der Waals surface area contributed by atoms with Gasteiger partial charge in [-0.2, -0.15) is 0 Å². The molecule has 1 aliphatic heterocycles. The quantitative estimate of drug-likeness (QED) is 0.847. The van der Waals surface area contributed by atoms with Gasteiger partial charge >= 0.3 is 0 Å². The maximum absolute atomic E-state index is 12.1. The third-order valence-corrected chi connectivity index (χ3v) is 5.03. The first kappa shape index (κ1) is 13.8. The maximum Gasteiger partial charge on any atom is 0.137 e. The molecule has 4 heteroatoms. The average molecular weight is 275 g/mol. The predicted molar refractivity (Wildman–Crippen MR) is 78.5 cm³/mol. The van der Waals surface area contributed by atoms with Crippen molar-refractivity contribution in [2.24, 2.45) is 5.92 Å². The molecule has 1 aromatic heterocycles. The summed E-state index contributed by atoms with van der Waals surface area (Å²) >= 11 is 0. The Bertz CT molecular complexity index is 468. The second kappa shape index (κ2) is 6.08. The molecule has 110 valence electrons. The van der Waals surface area contributed by atoms with Gasteiger partial charge in [-0.05, 0) is 39.2 Å². The molecule has 0 spiro atoms. The molecule has 1 aromatic rings. The van der Waals surface area contributed by atoms with E-state index in [0.29, 0.717) is 17.7 Å². The molecule has 2 fully saturated rings. The van der Waals surface area contributed by atoms with Crippen LogP contribution >= 0.6 is 0 Å². The number of nitrogens with zero attached hydrogens (tertiary/aromatic N) is 3. The first-order chi connectivity index (χ1) is 9.75. The zero-order chi connectivity index (χ0) is 13.9. The number of piperidine rings is 1. The van der Waals surface area contributed by atoms with Gasteiger partial charge in [0.2, 0.25) is 0 Å². The number of carbonyl (C=O) groups excluding carboxylic acids is 1. The van der Waals surface area contributed by atoms with Gasteiger partial charge in [0.25, 0.3) is 0 Å². The van der Waals surface area contributed by atoms with Crippen molar-refractivity contribution in [3.8, 4) is 0 Å². The molecule has 1 aliphatic carbocycles. The Morgan fingerprint density at radius 2 is 2.15 bits per heavy atom. The SMILES string of the molecule is Cc1nccn1CCN1CCCCC1C1CCCC1=O. The number of hydrogen-bond acceptors (Lipinski definition) is 3. The summed E-state index contributed by atoms with van der Waals surface area (Å²) in [6.45, 7) is 5.24.